The zero-order valence-electron chi connectivity index (χ0n) is 12.9. The van der Waals surface area contributed by atoms with Crippen LogP contribution in [-0.2, 0) is 4.79 Å². The highest BCUT2D eigenvalue weighted by Crippen LogP contribution is 2.17. The Morgan fingerprint density at radius 2 is 1.96 bits per heavy atom. The van der Waals surface area contributed by atoms with Crippen molar-refractivity contribution in [2.75, 3.05) is 36.4 Å². The minimum atomic E-state index is -0.289. The molecule has 124 valence electrons. The first-order valence-corrected chi connectivity index (χ1v) is 8.28. The second-order valence-corrected chi connectivity index (χ2v) is 6.27. The van der Waals surface area contributed by atoms with Crippen LogP contribution in [0.3, 0.4) is 0 Å². The van der Waals surface area contributed by atoms with Crippen molar-refractivity contribution in [1.82, 2.24) is 14.9 Å². The van der Waals surface area contributed by atoms with Gasteiger partial charge in [0.1, 0.15) is 17.8 Å². The van der Waals surface area contributed by atoms with Gasteiger partial charge in [-0.3, -0.25) is 9.59 Å². The monoisotopic (exact) mass is 389 g/mol. The van der Waals surface area contributed by atoms with Crippen LogP contribution in [0.25, 0.3) is 0 Å². The summed E-state index contributed by atoms with van der Waals surface area (Å²) in [4.78, 5) is 35.2. The molecule has 8 heteroatoms. The molecule has 2 amide bonds. The summed E-state index contributed by atoms with van der Waals surface area (Å²) in [6.45, 7) is 2.66. The van der Waals surface area contributed by atoms with Gasteiger partial charge in [0.25, 0.3) is 5.91 Å². The molecule has 0 radical (unpaired) electrons. The minimum Gasteiger partial charge on any atom is -0.353 e. The summed E-state index contributed by atoms with van der Waals surface area (Å²) >= 11 is 3.37. The van der Waals surface area contributed by atoms with Crippen molar-refractivity contribution in [2.24, 2.45) is 0 Å². The Kier molecular flexibility index (Phi) is 5.05. The van der Waals surface area contributed by atoms with Gasteiger partial charge in [-0.25, -0.2) is 9.97 Å². The predicted molar refractivity (Wildman–Crippen MR) is 94.0 cm³/mol. The Balaban J connectivity index is 1.70. The number of nitrogens with one attached hydrogen (secondary N) is 1. The summed E-state index contributed by atoms with van der Waals surface area (Å²) in [7, 11) is 0. The largest absolute Gasteiger partial charge is 0.353 e. The predicted octanol–water partition coefficient (Wildman–Crippen LogP) is 1.77. The Hall–Kier alpha value is -2.48. The van der Waals surface area contributed by atoms with Gasteiger partial charge in [-0.1, -0.05) is 22.0 Å². The van der Waals surface area contributed by atoms with E-state index in [0.29, 0.717) is 43.4 Å². The van der Waals surface area contributed by atoms with Crippen LogP contribution in [0.5, 0.6) is 0 Å². The van der Waals surface area contributed by atoms with Gasteiger partial charge in [0, 0.05) is 42.4 Å². The number of halogens is 1. The number of carbonyl (C=O) groups excluding carboxylic acids is 2. The van der Waals surface area contributed by atoms with Gasteiger partial charge >= 0.3 is 0 Å². The van der Waals surface area contributed by atoms with Gasteiger partial charge < -0.3 is 15.1 Å². The summed E-state index contributed by atoms with van der Waals surface area (Å²) < 4.78 is 0.886. The fourth-order valence-corrected chi connectivity index (χ4v) is 2.86. The van der Waals surface area contributed by atoms with Crippen molar-refractivity contribution in [3.05, 3.63) is 46.8 Å². The second kappa shape index (κ2) is 7.39. The number of carbonyl (C=O) groups is 2. The molecule has 0 bridgehead atoms. The number of amides is 2. The van der Waals surface area contributed by atoms with Crippen LogP contribution in [0, 0.1) is 0 Å². The van der Waals surface area contributed by atoms with Gasteiger partial charge in [-0.05, 0) is 18.2 Å². The molecule has 1 N–H and O–H groups in total. The van der Waals surface area contributed by atoms with Gasteiger partial charge in [0.15, 0.2) is 0 Å². The zero-order valence-corrected chi connectivity index (χ0v) is 14.4. The molecule has 0 saturated carbocycles. The second-order valence-electron chi connectivity index (χ2n) is 5.35. The smallest absolute Gasteiger partial charge is 0.274 e. The van der Waals surface area contributed by atoms with Gasteiger partial charge in [0.2, 0.25) is 6.41 Å². The third-order valence-electron chi connectivity index (χ3n) is 3.76. The first-order chi connectivity index (χ1) is 11.7. The maximum absolute atomic E-state index is 12.4. The van der Waals surface area contributed by atoms with E-state index in [1.807, 2.05) is 29.2 Å². The van der Waals surface area contributed by atoms with Crippen molar-refractivity contribution < 1.29 is 9.59 Å². The molecule has 0 spiro atoms. The third-order valence-corrected chi connectivity index (χ3v) is 4.25. The number of benzene rings is 1. The Morgan fingerprint density at radius 1 is 1.17 bits per heavy atom. The topological polar surface area (TPSA) is 78.4 Å². The van der Waals surface area contributed by atoms with E-state index in [9.17, 15) is 9.59 Å². The van der Waals surface area contributed by atoms with Crippen molar-refractivity contribution in [1.29, 1.82) is 0 Å². The third kappa shape index (κ3) is 3.88. The number of rotatable bonds is 4. The molecular weight excluding hydrogens is 374 g/mol. The molecule has 24 heavy (non-hydrogen) atoms. The first-order valence-electron chi connectivity index (χ1n) is 7.49. The normalized spacial score (nSPS) is 14.4. The number of hydrogen-bond donors (Lipinski definition) is 1. The summed E-state index contributed by atoms with van der Waals surface area (Å²) in [6.07, 6.45) is 2.24. The average Bonchev–Trinajstić information content (AvgIpc) is 2.62. The lowest BCUT2D eigenvalue weighted by molar-refractivity contribution is -0.118. The van der Waals surface area contributed by atoms with E-state index in [4.69, 9.17) is 0 Å². The van der Waals surface area contributed by atoms with E-state index in [0.717, 1.165) is 10.9 Å². The molecule has 0 atom stereocenters. The van der Waals surface area contributed by atoms with E-state index in [1.54, 1.807) is 11.0 Å². The average molecular weight is 390 g/mol. The van der Waals surface area contributed by atoms with Crippen LogP contribution in [0.15, 0.2) is 41.1 Å². The molecule has 3 rings (SSSR count). The zero-order chi connectivity index (χ0) is 16.9. The summed E-state index contributed by atoms with van der Waals surface area (Å²) in [5.74, 6) is 0.401. The van der Waals surface area contributed by atoms with Crippen molar-refractivity contribution in [3.63, 3.8) is 0 Å². The highest BCUT2D eigenvalue weighted by Gasteiger charge is 2.18. The van der Waals surface area contributed by atoms with E-state index in [2.05, 4.69) is 31.2 Å². The molecule has 1 aromatic heterocycles. The summed E-state index contributed by atoms with van der Waals surface area (Å²) in [5.41, 5.74) is 0.993. The van der Waals surface area contributed by atoms with Crippen LogP contribution in [0.1, 0.15) is 10.5 Å². The van der Waals surface area contributed by atoms with Crippen molar-refractivity contribution in [2.45, 2.75) is 0 Å². The molecule has 7 nitrogen and oxygen atoms in total. The molecular formula is C16H16BrN5O2. The number of piperazine rings is 1. The van der Waals surface area contributed by atoms with E-state index in [-0.39, 0.29) is 5.91 Å². The molecule has 1 aliphatic heterocycles. The van der Waals surface area contributed by atoms with E-state index in [1.165, 1.54) is 6.33 Å². The molecule has 2 aromatic rings. The lowest BCUT2D eigenvalue weighted by Gasteiger charge is -2.33. The highest BCUT2D eigenvalue weighted by atomic mass is 79.9. The standard InChI is InChI=1S/C16H16BrN5O2/c17-12-2-1-3-13(8-12)20-16(24)14-9-15(19-10-18-14)22-6-4-21(11-23)5-7-22/h1-3,8-11H,4-7H2,(H,20,24). The Morgan fingerprint density at radius 3 is 2.67 bits per heavy atom. The van der Waals surface area contributed by atoms with Crippen molar-refractivity contribution in [3.8, 4) is 0 Å². The number of hydrogen-bond acceptors (Lipinski definition) is 5. The van der Waals surface area contributed by atoms with E-state index >= 15 is 0 Å². The number of nitrogens with zero attached hydrogens (tertiary/aromatic N) is 4. The van der Waals surface area contributed by atoms with Gasteiger partial charge in [0.05, 0.1) is 0 Å². The molecule has 0 unspecified atom stereocenters. The maximum Gasteiger partial charge on any atom is 0.274 e. The minimum absolute atomic E-state index is 0.289. The van der Waals surface area contributed by atoms with Crippen molar-refractivity contribution >= 4 is 39.8 Å². The quantitative estimate of drug-likeness (QED) is 0.806. The fraction of sp³-hybridized carbons (Fsp3) is 0.250. The number of aromatic nitrogens is 2. The molecule has 1 saturated heterocycles. The first kappa shape index (κ1) is 16.4. The molecule has 0 aliphatic carbocycles. The van der Waals surface area contributed by atoms with E-state index < -0.39 is 0 Å². The lowest BCUT2D eigenvalue weighted by Crippen LogP contribution is -2.46. The Labute approximate surface area is 147 Å². The van der Waals surface area contributed by atoms with Crippen LogP contribution < -0.4 is 10.2 Å². The SMILES string of the molecule is O=CN1CCN(c2cc(C(=O)Nc3cccc(Br)c3)ncn2)CC1. The van der Waals surface area contributed by atoms with Crippen LogP contribution in [0.2, 0.25) is 0 Å². The van der Waals surface area contributed by atoms with Crippen LogP contribution in [0.4, 0.5) is 11.5 Å². The highest BCUT2D eigenvalue weighted by molar-refractivity contribution is 9.10. The molecule has 1 aromatic carbocycles. The van der Waals surface area contributed by atoms with Crippen LogP contribution in [-0.4, -0.2) is 53.4 Å². The molecule has 1 fully saturated rings. The summed E-state index contributed by atoms with van der Waals surface area (Å²) in [5, 5.41) is 2.81. The Bertz CT molecular complexity index is 747. The van der Waals surface area contributed by atoms with Gasteiger partial charge in [-0.15, -0.1) is 0 Å². The lowest BCUT2D eigenvalue weighted by atomic mass is 10.3. The van der Waals surface area contributed by atoms with Crippen LogP contribution >= 0.6 is 15.9 Å². The molecule has 2 heterocycles. The molecule has 1 aliphatic rings. The summed E-state index contributed by atoms with van der Waals surface area (Å²) in [6, 6.07) is 9.03. The fourth-order valence-electron chi connectivity index (χ4n) is 2.46. The van der Waals surface area contributed by atoms with Gasteiger partial charge in [-0.2, -0.15) is 0 Å². The number of anilines is 2. The maximum atomic E-state index is 12.4.